The van der Waals surface area contributed by atoms with E-state index in [0.29, 0.717) is 17.3 Å². The number of para-hydroxylation sites is 1. The van der Waals surface area contributed by atoms with Gasteiger partial charge in [0.05, 0.1) is 5.56 Å². The maximum Gasteiger partial charge on any atom is 0.258 e. The van der Waals surface area contributed by atoms with Gasteiger partial charge in [0.1, 0.15) is 5.75 Å². The van der Waals surface area contributed by atoms with Crippen LogP contribution in [0.1, 0.15) is 28.8 Å². The predicted molar refractivity (Wildman–Crippen MR) is 98.1 cm³/mol. The van der Waals surface area contributed by atoms with E-state index < -0.39 is 5.72 Å². The zero-order chi connectivity index (χ0) is 18.1. The summed E-state index contributed by atoms with van der Waals surface area (Å²) in [6.45, 7) is 2.49. The Bertz CT molecular complexity index is 798. The molecule has 0 bridgehead atoms. The Hall–Kier alpha value is -2.67. The molecule has 1 aromatic heterocycles. The Labute approximate surface area is 153 Å². The minimum Gasteiger partial charge on any atom is -0.467 e. The SMILES string of the molecule is CN(C)c1ncc(CN2CCC3(CC2)NC(=O)c2ccccc2O3)cn1. The van der Waals surface area contributed by atoms with Crippen molar-refractivity contribution in [1.29, 1.82) is 0 Å². The zero-order valence-electron chi connectivity index (χ0n) is 15.1. The molecule has 2 aromatic rings. The number of hydrogen-bond donors (Lipinski definition) is 1. The summed E-state index contributed by atoms with van der Waals surface area (Å²) in [7, 11) is 3.85. The van der Waals surface area contributed by atoms with Crippen LogP contribution in [0.2, 0.25) is 0 Å². The Kier molecular flexibility index (Phi) is 4.24. The molecule has 1 saturated heterocycles. The lowest BCUT2D eigenvalue weighted by Crippen LogP contribution is -2.60. The van der Waals surface area contributed by atoms with E-state index in [1.54, 1.807) is 6.07 Å². The van der Waals surface area contributed by atoms with Crippen molar-refractivity contribution in [3.05, 3.63) is 47.8 Å². The number of anilines is 1. The molecule has 3 heterocycles. The van der Waals surface area contributed by atoms with Crippen molar-refractivity contribution in [3.8, 4) is 5.75 Å². The second-order valence-corrected chi connectivity index (χ2v) is 7.11. The number of ether oxygens (including phenoxy) is 1. The second-order valence-electron chi connectivity index (χ2n) is 7.11. The van der Waals surface area contributed by atoms with E-state index in [9.17, 15) is 4.79 Å². The van der Waals surface area contributed by atoms with Crippen molar-refractivity contribution in [2.24, 2.45) is 0 Å². The third-order valence-corrected chi connectivity index (χ3v) is 4.94. The van der Waals surface area contributed by atoms with Crippen LogP contribution < -0.4 is 15.0 Å². The second kappa shape index (κ2) is 6.57. The maximum absolute atomic E-state index is 12.4. The average molecular weight is 353 g/mol. The summed E-state index contributed by atoms with van der Waals surface area (Å²) in [5.41, 5.74) is 1.11. The molecule has 7 nitrogen and oxygen atoms in total. The molecule has 0 atom stereocenters. The van der Waals surface area contributed by atoms with Crippen molar-refractivity contribution >= 4 is 11.9 Å². The smallest absolute Gasteiger partial charge is 0.258 e. The summed E-state index contributed by atoms with van der Waals surface area (Å²) in [6.07, 6.45) is 5.26. The van der Waals surface area contributed by atoms with Crippen LogP contribution in [0.15, 0.2) is 36.7 Å². The van der Waals surface area contributed by atoms with Gasteiger partial charge in [-0.3, -0.25) is 9.69 Å². The van der Waals surface area contributed by atoms with Crippen molar-refractivity contribution in [2.45, 2.75) is 25.1 Å². The molecule has 136 valence electrons. The number of likely N-dealkylation sites (tertiary alicyclic amines) is 1. The van der Waals surface area contributed by atoms with E-state index >= 15 is 0 Å². The Morgan fingerprint density at radius 1 is 1.19 bits per heavy atom. The van der Waals surface area contributed by atoms with Crippen LogP contribution in [-0.4, -0.2) is 53.7 Å². The third-order valence-electron chi connectivity index (χ3n) is 4.94. The number of rotatable bonds is 3. The number of benzene rings is 1. The van der Waals surface area contributed by atoms with Gasteiger partial charge in [0.25, 0.3) is 5.91 Å². The fourth-order valence-corrected chi connectivity index (χ4v) is 3.47. The molecule has 1 amide bonds. The number of amides is 1. The first-order chi connectivity index (χ1) is 12.5. The molecule has 0 saturated carbocycles. The van der Waals surface area contributed by atoms with Crippen LogP contribution in [0.4, 0.5) is 5.95 Å². The number of nitrogens with zero attached hydrogens (tertiary/aromatic N) is 4. The zero-order valence-corrected chi connectivity index (χ0v) is 15.1. The molecule has 7 heteroatoms. The molecule has 2 aliphatic rings. The molecule has 0 aliphatic carbocycles. The van der Waals surface area contributed by atoms with Gasteiger partial charge in [-0.25, -0.2) is 9.97 Å². The highest BCUT2D eigenvalue weighted by molar-refractivity contribution is 5.98. The summed E-state index contributed by atoms with van der Waals surface area (Å²) in [5, 5.41) is 3.07. The van der Waals surface area contributed by atoms with E-state index in [1.165, 1.54) is 0 Å². The number of aromatic nitrogens is 2. The number of fused-ring (bicyclic) bond motifs is 1. The van der Waals surface area contributed by atoms with Gasteiger partial charge in [-0.2, -0.15) is 0 Å². The molecule has 2 aliphatic heterocycles. The Balaban J connectivity index is 1.39. The molecular weight excluding hydrogens is 330 g/mol. The summed E-state index contributed by atoms with van der Waals surface area (Å²) < 4.78 is 6.18. The fourth-order valence-electron chi connectivity index (χ4n) is 3.47. The van der Waals surface area contributed by atoms with Gasteiger partial charge >= 0.3 is 0 Å². The number of nitrogens with one attached hydrogen (secondary N) is 1. The maximum atomic E-state index is 12.4. The lowest BCUT2D eigenvalue weighted by molar-refractivity contribution is -0.0304. The van der Waals surface area contributed by atoms with E-state index in [0.717, 1.165) is 38.0 Å². The van der Waals surface area contributed by atoms with Gasteiger partial charge in [-0.15, -0.1) is 0 Å². The van der Waals surface area contributed by atoms with Gasteiger partial charge in [0, 0.05) is 64.5 Å². The van der Waals surface area contributed by atoms with E-state index in [4.69, 9.17) is 4.74 Å². The molecule has 0 radical (unpaired) electrons. The highest BCUT2D eigenvalue weighted by Crippen LogP contribution is 2.33. The first-order valence-electron chi connectivity index (χ1n) is 8.86. The fraction of sp³-hybridized carbons (Fsp3) is 0.421. The minimum atomic E-state index is -0.590. The van der Waals surface area contributed by atoms with Gasteiger partial charge in [-0.1, -0.05) is 12.1 Å². The molecule has 1 fully saturated rings. The molecule has 1 aromatic carbocycles. The van der Waals surface area contributed by atoms with Gasteiger partial charge in [0.15, 0.2) is 5.72 Å². The lowest BCUT2D eigenvalue weighted by Gasteiger charge is -2.44. The van der Waals surface area contributed by atoms with Crippen molar-refractivity contribution in [3.63, 3.8) is 0 Å². The van der Waals surface area contributed by atoms with E-state index in [-0.39, 0.29) is 5.91 Å². The molecule has 4 rings (SSSR count). The summed E-state index contributed by atoms with van der Waals surface area (Å²) in [4.78, 5) is 25.4. The Morgan fingerprint density at radius 2 is 1.88 bits per heavy atom. The number of carbonyl (C=O) groups excluding carboxylic acids is 1. The average Bonchev–Trinajstić information content (AvgIpc) is 2.64. The van der Waals surface area contributed by atoms with E-state index in [2.05, 4.69) is 20.2 Å². The monoisotopic (exact) mass is 353 g/mol. The molecule has 0 unspecified atom stereocenters. The highest BCUT2D eigenvalue weighted by Gasteiger charge is 2.42. The van der Waals surface area contributed by atoms with Gasteiger partial charge < -0.3 is 15.0 Å². The summed E-state index contributed by atoms with van der Waals surface area (Å²) in [5.74, 6) is 1.34. The van der Waals surface area contributed by atoms with Crippen LogP contribution in [0.25, 0.3) is 0 Å². The Morgan fingerprint density at radius 3 is 2.58 bits per heavy atom. The first kappa shape index (κ1) is 16.8. The predicted octanol–water partition coefficient (Wildman–Crippen LogP) is 1.66. The molecule has 26 heavy (non-hydrogen) atoms. The third kappa shape index (κ3) is 3.22. The van der Waals surface area contributed by atoms with Crippen LogP contribution in [-0.2, 0) is 6.54 Å². The van der Waals surface area contributed by atoms with Gasteiger partial charge in [-0.05, 0) is 12.1 Å². The van der Waals surface area contributed by atoms with Crippen LogP contribution >= 0.6 is 0 Å². The van der Waals surface area contributed by atoms with E-state index in [1.807, 2.05) is 49.6 Å². The topological polar surface area (TPSA) is 70.6 Å². The van der Waals surface area contributed by atoms with Crippen molar-refractivity contribution in [1.82, 2.24) is 20.2 Å². The minimum absolute atomic E-state index is 0.0482. The number of hydrogen-bond acceptors (Lipinski definition) is 6. The van der Waals surface area contributed by atoms with Crippen molar-refractivity contribution in [2.75, 3.05) is 32.1 Å². The lowest BCUT2D eigenvalue weighted by atomic mass is 9.96. The van der Waals surface area contributed by atoms with Crippen LogP contribution in [0.3, 0.4) is 0 Å². The number of carbonyl (C=O) groups is 1. The van der Waals surface area contributed by atoms with Crippen molar-refractivity contribution < 1.29 is 9.53 Å². The molecule has 1 N–H and O–H groups in total. The molecule has 1 spiro atoms. The normalized spacial score (nSPS) is 18.8. The summed E-state index contributed by atoms with van der Waals surface area (Å²) in [6, 6.07) is 7.42. The quantitative estimate of drug-likeness (QED) is 0.905. The largest absolute Gasteiger partial charge is 0.467 e. The standard InChI is InChI=1S/C19H23N5O2/c1-23(2)18-20-11-14(12-21-18)13-24-9-7-19(8-10-24)22-17(25)15-5-3-4-6-16(15)26-19/h3-6,11-12H,7-10,13H2,1-2H3,(H,22,25). The van der Waals surface area contributed by atoms with Gasteiger partial charge in [0.2, 0.25) is 5.95 Å². The van der Waals surface area contributed by atoms with Crippen LogP contribution in [0, 0.1) is 0 Å². The molecular formula is C19H23N5O2. The van der Waals surface area contributed by atoms with Crippen LogP contribution in [0.5, 0.6) is 5.75 Å². The highest BCUT2D eigenvalue weighted by atomic mass is 16.5. The first-order valence-corrected chi connectivity index (χ1v) is 8.86. The number of piperidine rings is 1. The summed E-state index contributed by atoms with van der Waals surface area (Å²) >= 11 is 0.